The first kappa shape index (κ1) is 32.8. The van der Waals surface area contributed by atoms with E-state index in [1.165, 1.54) is 12.1 Å². The van der Waals surface area contributed by atoms with Crippen LogP contribution in [0.3, 0.4) is 0 Å². The van der Waals surface area contributed by atoms with Crippen LogP contribution >= 0.6 is 0 Å². The van der Waals surface area contributed by atoms with Gasteiger partial charge in [-0.1, -0.05) is 61.7 Å². The van der Waals surface area contributed by atoms with Gasteiger partial charge in [0.15, 0.2) is 0 Å². The molecule has 0 aliphatic rings. The first-order valence-corrected chi connectivity index (χ1v) is 10.5. The molecule has 0 aliphatic heterocycles. The summed E-state index contributed by atoms with van der Waals surface area (Å²) in [5.41, 5.74) is 0.856. The maximum Gasteiger partial charge on any atom is 1.00 e. The Labute approximate surface area is 292 Å². The van der Waals surface area contributed by atoms with Crippen LogP contribution in [0.5, 0.6) is 23.0 Å². The third-order valence-corrected chi connectivity index (χ3v) is 5.58. The summed E-state index contributed by atoms with van der Waals surface area (Å²) in [6.45, 7) is 3.81. The van der Waals surface area contributed by atoms with Gasteiger partial charge in [0.1, 0.15) is 11.5 Å². The van der Waals surface area contributed by atoms with E-state index in [2.05, 4.69) is 0 Å². The molecule has 4 N–H and O–H groups in total. The van der Waals surface area contributed by atoms with Gasteiger partial charge in [-0.05, 0) is 46.9 Å². The van der Waals surface area contributed by atoms with Crippen molar-refractivity contribution in [3.63, 3.8) is 0 Å². The quantitative estimate of drug-likeness (QED) is 0.212. The summed E-state index contributed by atoms with van der Waals surface area (Å²) in [6, 6.07) is 12.1. The number of rotatable bonds is 4. The zero-order valence-electron chi connectivity index (χ0n) is 20.5. The van der Waals surface area contributed by atoms with Crippen LogP contribution in [0, 0.1) is 0 Å². The van der Waals surface area contributed by atoms with Gasteiger partial charge in [-0.2, -0.15) is 0 Å². The van der Waals surface area contributed by atoms with Crippen LogP contribution in [0.1, 0.15) is 45.7 Å². The fraction of sp³-hybridized carbons (Fsp3) is 0.154. The summed E-state index contributed by atoms with van der Waals surface area (Å²) in [6.07, 6.45) is 1.33. The number of hydrogen-bond acceptors (Lipinski definition) is 6. The number of aryl methyl sites for hydroxylation is 2. The molecule has 36 heavy (non-hydrogen) atoms. The number of phenols is 2. The standard InChI is InChI=1S/2C13H12O4.2K/c2*1-2-7-4-3-5-8-11(7)10(14)6-9(12(8)15)13(16)17;;/h2*3-6,14-15H,2H2,1H3,(H,16,17);;/q;;2*+1/p-2. The molecule has 10 heteroatoms. The Morgan fingerprint density at radius 1 is 0.694 bits per heavy atom. The van der Waals surface area contributed by atoms with E-state index in [0.29, 0.717) is 23.6 Å². The normalized spacial score (nSPS) is 10.1. The summed E-state index contributed by atoms with van der Waals surface area (Å²) in [4.78, 5) is 21.7. The first-order valence-electron chi connectivity index (χ1n) is 10.5. The summed E-state index contributed by atoms with van der Waals surface area (Å²) in [7, 11) is 0. The van der Waals surface area contributed by atoms with Crippen LogP contribution in [-0.4, -0.2) is 32.4 Å². The molecule has 0 bridgehead atoms. The second-order valence-corrected chi connectivity index (χ2v) is 7.54. The van der Waals surface area contributed by atoms with E-state index < -0.39 is 34.6 Å². The molecule has 0 saturated heterocycles. The fourth-order valence-electron chi connectivity index (χ4n) is 3.93. The van der Waals surface area contributed by atoms with Crippen LogP contribution in [0.4, 0.5) is 0 Å². The predicted octanol–water partition coefficient (Wildman–Crippen LogP) is -2.23. The van der Waals surface area contributed by atoms with E-state index in [1.54, 1.807) is 12.1 Å². The van der Waals surface area contributed by atoms with Crippen molar-refractivity contribution in [1.82, 2.24) is 0 Å². The third kappa shape index (κ3) is 6.62. The van der Waals surface area contributed by atoms with Gasteiger partial charge in [-0.15, -0.1) is 0 Å². The minimum atomic E-state index is -1.32. The van der Waals surface area contributed by atoms with E-state index in [-0.39, 0.29) is 125 Å². The van der Waals surface area contributed by atoms with Gasteiger partial charge >= 0.3 is 115 Å². The van der Waals surface area contributed by atoms with Crippen LogP contribution in [-0.2, 0) is 12.8 Å². The molecular weight excluding hydrogens is 518 g/mol. The largest absolute Gasteiger partial charge is 1.00 e. The van der Waals surface area contributed by atoms with E-state index >= 15 is 0 Å². The Balaban J connectivity index is 0.000000341. The maximum atomic E-state index is 11.9. The number of carboxylic acids is 2. The molecule has 0 spiro atoms. The first-order chi connectivity index (χ1) is 16.1. The van der Waals surface area contributed by atoms with Crippen molar-refractivity contribution in [2.45, 2.75) is 26.7 Å². The van der Waals surface area contributed by atoms with Crippen LogP contribution in [0.15, 0.2) is 48.5 Å². The Kier molecular flexibility index (Phi) is 12.9. The number of aromatic hydroxyl groups is 2. The molecule has 0 atom stereocenters. The molecule has 0 saturated carbocycles. The predicted molar refractivity (Wildman–Crippen MR) is 123 cm³/mol. The second kappa shape index (κ2) is 14.1. The Hall–Kier alpha value is -1.19. The number of hydrogen-bond donors (Lipinski definition) is 4. The molecule has 4 rings (SSSR count). The number of fused-ring (bicyclic) bond motifs is 2. The smallest absolute Gasteiger partial charge is 0.871 e. The average Bonchev–Trinajstić information content (AvgIpc) is 2.82. The molecule has 0 fully saturated rings. The molecule has 0 radical (unpaired) electrons. The van der Waals surface area contributed by atoms with Crippen molar-refractivity contribution in [3.05, 3.63) is 70.8 Å². The number of phenolic OH excluding ortho intramolecular Hbond substituents is 2. The summed E-state index contributed by atoms with van der Waals surface area (Å²) >= 11 is 0. The van der Waals surface area contributed by atoms with Crippen LogP contribution < -0.4 is 113 Å². The molecular formula is C26H22K2O8. The SMILES string of the molecule is CCc1cccc2c([O-])c(C(=O)O)cc(O)c12.CCc1cccc2c([O-])c(C(=O)O)cc(O)c12.[K+].[K+]. The summed E-state index contributed by atoms with van der Waals surface area (Å²) in [5, 5.41) is 62.6. The molecule has 0 aromatic heterocycles. The minimum absolute atomic E-state index is 0. The second-order valence-electron chi connectivity index (χ2n) is 7.54. The van der Waals surface area contributed by atoms with Gasteiger partial charge < -0.3 is 30.6 Å². The van der Waals surface area contributed by atoms with Crippen molar-refractivity contribution < 1.29 is 143 Å². The number of carbonyl (C=O) groups is 2. The zero-order chi connectivity index (χ0) is 25.2. The molecule has 0 unspecified atom stereocenters. The van der Waals surface area contributed by atoms with E-state index in [9.17, 15) is 30.0 Å². The topological polar surface area (TPSA) is 161 Å². The molecule has 8 nitrogen and oxygen atoms in total. The number of carboxylic acid groups (broad SMARTS) is 2. The summed E-state index contributed by atoms with van der Waals surface area (Å²) in [5.74, 6) is -4.08. The Morgan fingerprint density at radius 3 is 1.31 bits per heavy atom. The third-order valence-electron chi connectivity index (χ3n) is 5.58. The number of benzene rings is 4. The maximum absolute atomic E-state index is 11.9. The van der Waals surface area contributed by atoms with E-state index in [1.807, 2.05) is 26.0 Å². The Bertz CT molecular complexity index is 1320. The van der Waals surface area contributed by atoms with Crippen LogP contribution in [0.2, 0.25) is 0 Å². The number of aromatic carboxylic acids is 2. The molecule has 0 aliphatic carbocycles. The van der Waals surface area contributed by atoms with Crippen molar-refractivity contribution in [1.29, 1.82) is 0 Å². The van der Waals surface area contributed by atoms with Crippen LogP contribution in [0.25, 0.3) is 21.5 Å². The van der Waals surface area contributed by atoms with Gasteiger partial charge in [0.2, 0.25) is 0 Å². The molecule has 0 amide bonds. The summed E-state index contributed by atoms with van der Waals surface area (Å²) < 4.78 is 0. The van der Waals surface area contributed by atoms with Gasteiger partial charge in [-0.3, -0.25) is 0 Å². The van der Waals surface area contributed by atoms with Gasteiger partial charge in [0.05, 0.1) is 11.1 Å². The fourth-order valence-corrected chi connectivity index (χ4v) is 3.93. The van der Waals surface area contributed by atoms with Gasteiger partial charge in [-0.25, -0.2) is 9.59 Å². The zero-order valence-corrected chi connectivity index (χ0v) is 26.7. The van der Waals surface area contributed by atoms with Crippen molar-refractivity contribution in [3.8, 4) is 23.0 Å². The Morgan fingerprint density at radius 2 is 1.03 bits per heavy atom. The van der Waals surface area contributed by atoms with Crippen molar-refractivity contribution in [2.75, 3.05) is 0 Å². The van der Waals surface area contributed by atoms with Crippen molar-refractivity contribution in [2.24, 2.45) is 0 Å². The van der Waals surface area contributed by atoms with E-state index in [0.717, 1.165) is 23.3 Å². The molecule has 4 aromatic rings. The monoisotopic (exact) mass is 540 g/mol. The van der Waals surface area contributed by atoms with E-state index in [4.69, 9.17) is 10.2 Å². The molecule has 4 aromatic carbocycles. The van der Waals surface area contributed by atoms with Crippen molar-refractivity contribution >= 4 is 33.5 Å². The van der Waals surface area contributed by atoms with Gasteiger partial charge in [0.25, 0.3) is 0 Å². The average molecular weight is 541 g/mol. The molecule has 0 heterocycles. The van der Waals surface area contributed by atoms with Gasteiger partial charge in [0, 0.05) is 10.8 Å². The minimum Gasteiger partial charge on any atom is -0.871 e. The molecule has 176 valence electrons.